The third-order valence-corrected chi connectivity index (χ3v) is 7.00. The summed E-state index contributed by atoms with van der Waals surface area (Å²) in [6, 6.07) is 3.38. The van der Waals surface area contributed by atoms with Crippen molar-refractivity contribution < 1.29 is 29.0 Å². The molecule has 2 aliphatic carbocycles. The van der Waals surface area contributed by atoms with Gasteiger partial charge in [0.15, 0.2) is 29.7 Å². The molecule has 3 aliphatic rings. The standard InChI is InChI=1S/C27H32ClNO6/c1-6-34-20-8-14(7-15(28)25(20)35-13-21(32)33)22-23-16(9-26(2,3)11-18(23)30)29-17-10-27(4,5)12-19(31)24(17)22/h7-8,22,29H,6,9-13H2,1-5H3,(H,32,33). The summed E-state index contributed by atoms with van der Waals surface area (Å²) in [6.07, 6.45) is 2.17. The summed E-state index contributed by atoms with van der Waals surface area (Å²) in [5.74, 6) is -1.27. The van der Waals surface area contributed by atoms with Crippen LogP contribution >= 0.6 is 11.6 Å². The Bertz CT molecular complexity index is 1120. The van der Waals surface area contributed by atoms with Crippen molar-refractivity contribution in [3.8, 4) is 11.5 Å². The Morgan fingerprint density at radius 3 is 2.03 bits per heavy atom. The van der Waals surface area contributed by atoms with Crippen LogP contribution in [0.5, 0.6) is 11.5 Å². The smallest absolute Gasteiger partial charge is 0.341 e. The molecule has 1 aromatic carbocycles. The molecular weight excluding hydrogens is 470 g/mol. The van der Waals surface area contributed by atoms with E-state index in [-0.39, 0.29) is 38.9 Å². The summed E-state index contributed by atoms with van der Waals surface area (Å²) in [5.41, 5.74) is 3.21. The summed E-state index contributed by atoms with van der Waals surface area (Å²) < 4.78 is 11.2. The number of nitrogens with one attached hydrogen (secondary N) is 1. The molecule has 2 N–H and O–H groups in total. The zero-order chi connectivity index (χ0) is 25.7. The number of hydrogen-bond donors (Lipinski definition) is 2. The van der Waals surface area contributed by atoms with Crippen molar-refractivity contribution in [2.45, 2.75) is 66.2 Å². The van der Waals surface area contributed by atoms with Crippen LogP contribution in [0.4, 0.5) is 0 Å². The van der Waals surface area contributed by atoms with Crippen LogP contribution in [0.3, 0.4) is 0 Å². The summed E-state index contributed by atoms with van der Waals surface area (Å²) in [7, 11) is 0. The molecule has 0 amide bonds. The van der Waals surface area contributed by atoms with Gasteiger partial charge >= 0.3 is 5.97 Å². The van der Waals surface area contributed by atoms with Crippen molar-refractivity contribution in [1.82, 2.24) is 5.32 Å². The van der Waals surface area contributed by atoms with Gasteiger partial charge in [0.1, 0.15) is 0 Å². The Morgan fingerprint density at radius 2 is 1.54 bits per heavy atom. The van der Waals surface area contributed by atoms with Crippen molar-refractivity contribution in [3.63, 3.8) is 0 Å². The van der Waals surface area contributed by atoms with E-state index in [1.54, 1.807) is 19.1 Å². The molecule has 4 rings (SSSR count). The first-order chi connectivity index (χ1) is 16.3. The van der Waals surface area contributed by atoms with E-state index in [0.29, 0.717) is 49.0 Å². The molecule has 0 fully saturated rings. The minimum atomic E-state index is -1.14. The zero-order valence-electron chi connectivity index (χ0n) is 20.8. The third kappa shape index (κ3) is 4.96. The fraction of sp³-hybridized carbons (Fsp3) is 0.519. The average molecular weight is 502 g/mol. The van der Waals surface area contributed by atoms with Gasteiger partial charge in [-0.25, -0.2) is 4.79 Å². The fourth-order valence-electron chi connectivity index (χ4n) is 5.51. The number of allylic oxidation sites excluding steroid dienone is 4. The summed E-state index contributed by atoms with van der Waals surface area (Å²) >= 11 is 6.57. The van der Waals surface area contributed by atoms with Gasteiger partial charge in [0.25, 0.3) is 0 Å². The van der Waals surface area contributed by atoms with Gasteiger partial charge in [-0.15, -0.1) is 0 Å². The molecule has 1 aromatic rings. The Labute approximate surface area is 210 Å². The highest BCUT2D eigenvalue weighted by atomic mass is 35.5. The fourth-order valence-corrected chi connectivity index (χ4v) is 5.79. The molecule has 1 heterocycles. The number of rotatable bonds is 6. The van der Waals surface area contributed by atoms with Gasteiger partial charge in [0, 0.05) is 41.3 Å². The number of carbonyl (C=O) groups is 3. The van der Waals surface area contributed by atoms with E-state index >= 15 is 0 Å². The Morgan fingerprint density at radius 1 is 1.00 bits per heavy atom. The SMILES string of the molecule is CCOc1cc(C2C3=C(CC(C)(C)CC3=O)NC3=C2C(=O)CC(C)(C)C3)cc(Cl)c1OCC(=O)O. The summed E-state index contributed by atoms with van der Waals surface area (Å²) in [6.45, 7) is 9.82. The van der Waals surface area contributed by atoms with Crippen LogP contribution in [0.15, 0.2) is 34.7 Å². The lowest BCUT2D eigenvalue weighted by atomic mass is 9.64. The minimum Gasteiger partial charge on any atom is -0.490 e. The van der Waals surface area contributed by atoms with Gasteiger partial charge in [0.05, 0.1) is 11.6 Å². The number of ketones is 2. The van der Waals surface area contributed by atoms with Gasteiger partial charge < -0.3 is 19.9 Å². The normalized spacial score (nSPS) is 21.3. The van der Waals surface area contributed by atoms with Crippen molar-refractivity contribution in [1.29, 1.82) is 0 Å². The highest BCUT2D eigenvalue weighted by Gasteiger charge is 2.46. The Kier molecular flexibility index (Phi) is 6.51. The number of halogens is 1. The van der Waals surface area contributed by atoms with Crippen LogP contribution < -0.4 is 14.8 Å². The van der Waals surface area contributed by atoms with E-state index in [9.17, 15) is 14.4 Å². The van der Waals surface area contributed by atoms with Crippen LogP contribution in [-0.4, -0.2) is 35.9 Å². The second-order valence-corrected chi connectivity index (χ2v) is 11.6. The monoisotopic (exact) mass is 501 g/mol. The van der Waals surface area contributed by atoms with Crippen LogP contribution in [-0.2, 0) is 14.4 Å². The van der Waals surface area contributed by atoms with Gasteiger partial charge in [-0.3, -0.25) is 9.59 Å². The highest BCUT2D eigenvalue weighted by Crippen LogP contribution is 2.52. The molecule has 0 aromatic heterocycles. The van der Waals surface area contributed by atoms with Crippen molar-refractivity contribution in [2.24, 2.45) is 10.8 Å². The Hall–Kier alpha value is -2.80. The number of ether oxygens (including phenoxy) is 2. The summed E-state index contributed by atoms with van der Waals surface area (Å²) in [4.78, 5) is 38.0. The van der Waals surface area contributed by atoms with E-state index < -0.39 is 18.5 Å². The van der Waals surface area contributed by atoms with Crippen molar-refractivity contribution in [3.05, 3.63) is 45.3 Å². The lowest BCUT2D eigenvalue weighted by Gasteiger charge is -2.44. The quantitative estimate of drug-likeness (QED) is 0.554. The largest absolute Gasteiger partial charge is 0.490 e. The zero-order valence-corrected chi connectivity index (χ0v) is 21.6. The maximum Gasteiger partial charge on any atom is 0.341 e. The lowest BCUT2D eigenvalue weighted by Crippen LogP contribution is -2.42. The number of Topliss-reactive ketones (excluding diaryl/α,β-unsaturated/α-hetero) is 2. The second kappa shape index (κ2) is 9.01. The minimum absolute atomic E-state index is 0.0122. The maximum absolute atomic E-state index is 13.5. The first kappa shape index (κ1) is 25.3. The molecular formula is C27H32ClNO6. The molecule has 1 aliphatic heterocycles. The number of benzene rings is 1. The van der Waals surface area contributed by atoms with Crippen molar-refractivity contribution >= 4 is 29.1 Å². The van der Waals surface area contributed by atoms with Gasteiger partial charge in [-0.1, -0.05) is 39.3 Å². The number of aliphatic carboxylic acids is 1. The number of carbonyl (C=O) groups excluding carboxylic acids is 2. The highest BCUT2D eigenvalue weighted by molar-refractivity contribution is 6.32. The van der Waals surface area contributed by atoms with Crippen LogP contribution in [0.25, 0.3) is 0 Å². The first-order valence-corrected chi connectivity index (χ1v) is 12.3. The van der Waals surface area contributed by atoms with Crippen LogP contribution in [0.1, 0.15) is 71.8 Å². The molecule has 0 unspecified atom stereocenters. The molecule has 0 saturated heterocycles. The lowest BCUT2D eigenvalue weighted by molar-refractivity contribution is -0.139. The number of hydrogen-bond acceptors (Lipinski definition) is 6. The maximum atomic E-state index is 13.5. The summed E-state index contributed by atoms with van der Waals surface area (Å²) in [5, 5.41) is 12.7. The molecule has 0 bridgehead atoms. The average Bonchev–Trinajstić information content (AvgIpc) is 2.69. The third-order valence-electron chi connectivity index (χ3n) is 6.72. The van der Waals surface area contributed by atoms with Crippen molar-refractivity contribution in [2.75, 3.05) is 13.2 Å². The molecule has 0 spiro atoms. The van der Waals surface area contributed by atoms with E-state index in [2.05, 4.69) is 33.0 Å². The van der Waals surface area contributed by atoms with Crippen LogP contribution in [0.2, 0.25) is 5.02 Å². The molecule has 188 valence electrons. The molecule has 0 saturated carbocycles. The topological polar surface area (TPSA) is 102 Å². The number of dihydropyridines is 1. The van der Waals surface area contributed by atoms with Crippen LogP contribution in [0, 0.1) is 10.8 Å². The molecule has 35 heavy (non-hydrogen) atoms. The molecule has 0 atom stereocenters. The van der Waals surface area contributed by atoms with Gasteiger partial charge in [-0.05, 0) is 48.3 Å². The first-order valence-electron chi connectivity index (χ1n) is 11.9. The van der Waals surface area contributed by atoms with E-state index in [0.717, 1.165) is 11.4 Å². The number of carboxylic acids is 1. The molecule has 0 radical (unpaired) electrons. The number of carboxylic acid groups (broad SMARTS) is 1. The predicted octanol–water partition coefficient (Wildman–Crippen LogP) is 5.18. The molecule has 7 nitrogen and oxygen atoms in total. The predicted molar refractivity (Wildman–Crippen MR) is 132 cm³/mol. The van der Waals surface area contributed by atoms with E-state index in [1.165, 1.54) is 0 Å². The van der Waals surface area contributed by atoms with E-state index in [1.807, 2.05) is 0 Å². The van der Waals surface area contributed by atoms with Gasteiger partial charge in [0.2, 0.25) is 0 Å². The van der Waals surface area contributed by atoms with E-state index in [4.69, 9.17) is 26.2 Å². The molecule has 8 heteroatoms. The Balaban J connectivity index is 1.90. The van der Waals surface area contributed by atoms with Gasteiger partial charge in [-0.2, -0.15) is 0 Å². The second-order valence-electron chi connectivity index (χ2n) is 11.2.